The number of rotatable bonds is 3. The van der Waals surface area contributed by atoms with Crippen LogP contribution in [0.2, 0.25) is 0 Å². The van der Waals surface area contributed by atoms with Crippen molar-refractivity contribution < 1.29 is 5.11 Å². The van der Waals surface area contributed by atoms with Gasteiger partial charge < -0.3 is 5.11 Å². The molecule has 2 heteroatoms. The number of hydrogen-bond donors (Lipinski definition) is 1. The van der Waals surface area contributed by atoms with Crippen LogP contribution in [0, 0.1) is 5.92 Å². The van der Waals surface area contributed by atoms with Crippen molar-refractivity contribution in [3.05, 3.63) is 0 Å². The van der Waals surface area contributed by atoms with E-state index in [1.807, 2.05) is 0 Å². The summed E-state index contributed by atoms with van der Waals surface area (Å²) in [7, 11) is 0. The van der Waals surface area contributed by atoms with Gasteiger partial charge >= 0.3 is 0 Å². The molecule has 78 valence electrons. The highest BCUT2D eigenvalue weighted by atomic mass is 16.3. The Morgan fingerprint density at radius 2 is 2.08 bits per heavy atom. The molecule has 1 saturated heterocycles. The van der Waals surface area contributed by atoms with Gasteiger partial charge in [0.25, 0.3) is 0 Å². The number of aliphatic hydroxyl groups excluding tert-OH is 1. The summed E-state index contributed by atoms with van der Waals surface area (Å²) < 4.78 is 0. The first-order chi connectivity index (χ1) is 6.25. The fraction of sp³-hybridized carbons (Fsp3) is 1.00. The summed E-state index contributed by atoms with van der Waals surface area (Å²) in [5.41, 5.74) is 0. The highest BCUT2D eigenvalue weighted by molar-refractivity contribution is 4.77. The molecule has 13 heavy (non-hydrogen) atoms. The van der Waals surface area contributed by atoms with Crippen molar-refractivity contribution in [1.82, 2.24) is 4.90 Å². The van der Waals surface area contributed by atoms with E-state index in [0.29, 0.717) is 12.6 Å². The molecule has 2 nitrogen and oxygen atoms in total. The Bertz CT molecular complexity index is 136. The number of likely N-dealkylation sites (tertiary alicyclic amines) is 1. The zero-order chi connectivity index (χ0) is 9.68. The average molecular weight is 185 g/mol. The van der Waals surface area contributed by atoms with E-state index in [0.717, 1.165) is 12.5 Å². The summed E-state index contributed by atoms with van der Waals surface area (Å²) >= 11 is 0. The normalized spacial score (nSPS) is 26.3. The number of aliphatic hydroxyl groups is 1. The fourth-order valence-electron chi connectivity index (χ4n) is 2.35. The van der Waals surface area contributed by atoms with Crippen molar-refractivity contribution in [3.63, 3.8) is 0 Å². The van der Waals surface area contributed by atoms with Gasteiger partial charge in [0.2, 0.25) is 0 Å². The molecular weight excluding hydrogens is 162 g/mol. The Morgan fingerprint density at radius 1 is 1.31 bits per heavy atom. The molecule has 0 radical (unpaired) electrons. The molecule has 1 N–H and O–H groups in total. The topological polar surface area (TPSA) is 23.5 Å². The maximum absolute atomic E-state index is 8.97. The first-order valence-corrected chi connectivity index (χ1v) is 5.60. The van der Waals surface area contributed by atoms with E-state index >= 15 is 0 Å². The van der Waals surface area contributed by atoms with Crippen LogP contribution in [-0.4, -0.2) is 35.7 Å². The molecule has 0 aromatic heterocycles. The van der Waals surface area contributed by atoms with Crippen LogP contribution in [0.3, 0.4) is 0 Å². The summed E-state index contributed by atoms with van der Waals surface area (Å²) in [4.78, 5) is 2.47. The summed E-state index contributed by atoms with van der Waals surface area (Å²) in [6, 6.07) is 0.703. The minimum atomic E-state index is 0.309. The molecule has 0 aromatic carbocycles. The first kappa shape index (κ1) is 11.0. The van der Waals surface area contributed by atoms with Crippen LogP contribution in [0.5, 0.6) is 0 Å². The van der Waals surface area contributed by atoms with Gasteiger partial charge in [-0.15, -0.1) is 0 Å². The number of β-amino-alcohol motifs (C(OH)–C–C–N with tert-alkyl or cyclic N) is 1. The molecule has 0 aliphatic carbocycles. The molecule has 1 fully saturated rings. The van der Waals surface area contributed by atoms with Crippen LogP contribution in [0.4, 0.5) is 0 Å². The second kappa shape index (κ2) is 5.61. The predicted octanol–water partition coefficient (Wildman–Crippen LogP) is 1.88. The third kappa shape index (κ3) is 3.28. The Labute approximate surface area is 81.9 Å². The van der Waals surface area contributed by atoms with E-state index < -0.39 is 0 Å². The molecule has 0 aromatic rings. The second-order valence-electron chi connectivity index (χ2n) is 4.42. The van der Waals surface area contributed by atoms with Gasteiger partial charge in [-0.25, -0.2) is 0 Å². The summed E-state index contributed by atoms with van der Waals surface area (Å²) in [6.07, 6.45) is 5.36. The van der Waals surface area contributed by atoms with E-state index in [-0.39, 0.29) is 0 Å². The lowest BCUT2D eigenvalue weighted by Gasteiger charge is -2.32. The van der Waals surface area contributed by atoms with Gasteiger partial charge in [0.15, 0.2) is 0 Å². The van der Waals surface area contributed by atoms with Gasteiger partial charge in [-0.05, 0) is 25.3 Å². The van der Waals surface area contributed by atoms with Crippen LogP contribution in [-0.2, 0) is 0 Å². The highest BCUT2D eigenvalue weighted by Crippen LogP contribution is 2.21. The van der Waals surface area contributed by atoms with E-state index in [1.165, 1.54) is 32.2 Å². The first-order valence-electron chi connectivity index (χ1n) is 5.60. The van der Waals surface area contributed by atoms with Crippen molar-refractivity contribution in [1.29, 1.82) is 0 Å². The minimum absolute atomic E-state index is 0.309. The molecule has 0 spiro atoms. The standard InChI is InChI=1S/C11H23NO/c1-10(2)11-6-4-3-5-7-12(11)8-9-13/h10-11,13H,3-9H2,1-2H3. The minimum Gasteiger partial charge on any atom is -0.395 e. The highest BCUT2D eigenvalue weighted by Gasteiger charge is 2.22. The quantitative estimate of drug-likeness (QED) is 0.725. The molecule has 0 saturated carbocycles. The van der Waals surface area contributed by atoms with Crippen LogP contribution in [0.25, 0.3) is 0 Å². The van der Waals surface area contributed by atoms with Gasteiger partial charge in [0, 0.05) is 12.6 Å². The summed E-state index contributed by atoms with van der Waals surface area (Å²) in [5, 5.41) is 8.97. The molecule has 1 aliphatic heterocycles. The molecule has 1 heterocycles. The van der Waals surface area contributed by atoms with Gasteiger partial charge in [-0.2, -0.15) is 0 Å². The second-order valence-corrected chi connectivity index (χ2v) is 4.42. The molecular formula is C11H23NO. The Hall–Kier alpha value is -0.0800. The lowest BCUT2D eigenvalue weighted by Crippen LogP contribution is -2.40. The molecule has 1 atom stereocenters. The molecule has 1 aliphatic rings. The molecule has 1 unspecified atom stereocenters. The van der Waals surface area contributed by atoms with Gasteiger partial charge in [0.1, 0.15) is 0 Å². The Morgan fingerprint density at radius 3 is 2.69 bits per heavy atom. The van der Waals surface area contributed by atoms with E-state index in [2.05, 4.69) is 18.7 Å². The summed E-state index contributed by atoms with van der Waals surface area (Å²) in [5.74, 6) is 0.727. The van der Waals surface area contributed by atoms with E-state index in [4.69, 9.17) is 5.11 Å². The van der Waals surface area contributed by atoms with Gasteiger partial charge in [-0.3, -0.25) is 4.90 Å². The van der Waals surface area contributed by atoms with Crippen molar-refractivity contribution in [2.75, 3.05) is 19.7 Å². The van der Waals surface area contributed by atoms with Crippen LogP contribution in [0.1, 0.15) is 39.5 Å². The van der Waals surface area contributed by atoms with Gasteiger partial charge in [-0.1, -0.05) is 26.7 Å². The molecule has 0 bridgehead atoms. The van der Waals surface area contributed by atoms with Crippen molar-refractivity contribution >= 4 is 0 Å². The number of hydrogen-bond acceptors (Lipinski definition) is 2. The SMILES string of the molecule is CC(C)C1CCCCCN1CCO. The van der Waals surface area contributed by atoms with Crippen molar-refractivity contribution in [2.24, 2.45) is 5.92 Å². The third-order valence-electron chi connectivity index (χ3n) is 3.07. The fourth-order valence-corrected chi connectivity index (χ4v) is 2.35. The van der Waals surface area contributed by atoms with Crippen LogP contribution >= 0.6 is 0 Å². The zero-order valence-corrected chi connectivity index (χ0v) is 9.00. The largest absolute Gasteiger partial charge is 0.395 e. The predicted molar refractivity (Wildman–Crippen MR) is 55.8 cm³/mol. The Kier molecular flexibility index (Phi) is 4.74. The van der Waals surface area contributed by atoms with Crippen LogP contribution < -0.4 is 0 Å². The maximum atomic E-state index is 8.97. The zero-order valence-electron chi connectivity index (χ0n) is 9.00. The van der Waals surface area contributed by atoms with E-state index in [9.17, 15) is 0 Å². The smallest absolute Gasteiger partial charge is 0.0558 e. The monoisotopic (exact) mass is 185 g/mol. The van der Waals surface area contributed by atoms with Gasteiger partial charge in [0.05, 0.1) is 6.61 Å². The van der Waals surface area contributed by atoms with Crippen molar-refractivity contribution in [2.45, 2.75) is 45.6 Å². The van der Waals surface area contributed by atoms with Crippen molar-refractivity contribution in [3.8, 4) is 0 Å². The number of nitrogens with zero attached hydrogens (tertiary/aromatic N) is 1. The van der Waals surface area contributed by atoms with Crippen LogP contribution in [0.15, 0.2) is 0 Å². The van der Waals surface area contributed by atoms with E-state index in [1.54, 1.807) is 0 Å². The lowest BCUT2D eigenvalue weighted by atomic mass is 9.98. The maximum Gasteiger partial charge on any atom is 0.0558 e. The third-order valence-corrected chi connectivity index (χ3v) is 3.07. The molecule has 1 rings (SSSR count). The summed E-state index contributed by atoms with van der Waals surface area (Å²) in [6.45, 7) is 6.94. The molecule has 0 amide bonds. The average Bonchev–Trinajstić information content (AvgIpc) is 2.30. The Balaban J connectivity index is 2.50. The lowest BCUT2D eigenvalue weighted by molar-refractivity contribution is 0.124.